The molecule has 0 aliphatic heterocycles. The first-order chi connectivity index (χ1) is 15.9. The second-order valence-corrected chi connectivity index (χ2v) is 7.26. The zero-order valence-electron chi connectivity index (χ0n) is 17.4. The number of carbonyl (C=O) groups excluding carboxylic acids is 2. The summed E-state index contributed by atoms with van der Waals surface area (Å²) in [6.07, 6.45) is 1.35. The molecule has 0 saturated heterocycles. The summed E-state index contributed by atoms with van der Waals surface area (Å²) in [4.78, 5) is 38.8. The molecular formula is C22H16N4O6S. The molecule has 0 spiro atoms. The third-order valence-corrected chi connectivity index (χ3v) is 5.30. The molecule has 33 heavy (non-hydrogen) atoms. The summed E-state index contributed by atoms with van der Waals surface area (Å²) in [5.41, 5.74) is 1.67. The Morgan fingerprint density at radius 2 is 1.94 bits per heavy atom. The number of hydrogen-bond acceptors (Lipinski definition) is 10. The van der Waals surface area contributed by atoms with Gasteiger partial charge in [0.15, 0.2) is 0 Å². The van der Waals surface area contributed by atoms with Crippen molar-refractivity contribution in [1.29, 1.82) is 5.26 Å². The van der Waals surface area contributed by atoms with E-state index in [1.54, 1.807) is 17.5 Å². The minimum absolute atomic E-state index is 0.0689. The van der Waals surface area contributed by atoms with Crippen LogP contribution in [0.15, 0.2) is 54.0 Å². The fourth-order valence-electron chi connectivity index (χ4n) is 2.80. The van der Waals surface area contributed by atoms with Crippen molar-refractivity contribution in [1.82, 2.24) is 4.98 Å². The number of carbonyl (C=O) groups is 2. The number of nitriles is 1. The Balaban J connectivity index is 1.93. The first kappa shape index (κ1) is 23.1. The van der Waals surface area contributed by atoms with Crippen molar-refractivity contribution in [3.8, 4) is 17.3 Å². The summed E-state index contributed by atoms with van der Waals surface area (Å²) in [5.74, 6) is -1.23. The van der Waals surface area contributed by atoms with Crippen LogP contribution in [0.5, 0.6) is 0 Å². The van der Waals surface area contributed by atoms with Gasteiger partial charge in [0.2, 0.25) is 0 Å². The average molecular weight is 464 g/mol. The molecule has 0 aliphatic rings. The molecule has 0 saturated carbocycles. The zero-order chi connectivity index (χ0) is 24.0. The maximum atomic E-state index is 12.1. The van der Waals surface area contributed by atoms with Gasteiger partial charge in [0.05, 0.1) is 41.7 Å². The summed E-state index contributed by atoms with van der Waals surface area (Å²) in [7, 11) is 2.46. The van der Waals surface area contributed by atoms with Gasteiger partial charge in [-0.25, -0.2) is 14.6 Å². The number of anilines is 1. The molecule has 0 bridgehead atoms. The molecule has 0 fully saturated rings. The number of methoxy groups -OCH3 is 2. The van der Waals surface area contributed by atoms with Crippen LogP contribution in [0.2, 0.25) is 0 Å². The number of non-ortho nitro benzene ring substituents is 1. The van der Waals surface area contributed by atoms with Crippen LogP contribution in [0.1, 0.15) is 25.7 Å². The molecule has 0 aliphatic carbocycles. The number of nitro benzene ring substituents is 1. The second-order valence-electron chi connectivity index (χ2n) is 6.40. The molecule has 166 valence electrons. The lowest BCUT2D eigenvalue weighted by Gasteiger charge is -2.10. The average Bonchev–Trinajstić information content (AvgIpc) is 3.33. The molecule has 1 N–H and O–H groups in total. The van der Waals surface area contributed by atoms with Gasteiger partial charge in [0, 0.05) is 29.3 Å². The smallest absolute Gasteiger partial charge is 0.339 e. The molecule has 1 aromatic heterocycles. The number of rotatable bonds is 7. The van der Waals surface area contributed by atoms with Gasteiger partial charge in [-0.15, -0.1) is 11.3 Å². The predicted octanol–water partition coefficient (Wildman–Crippen LogP) is 4.27. The predicted molar refractivity (Wildman–Crippen MR) is 121 cm³/mol. The van der Waals surface area contributed by atoms with Crippen LogP contribution in [0.25, 0.3) is 16.8 Å². The minimum Gasteiger partial charge on any atom is -0.465 e. The number of nitrogens with zero attached hydrogens (tertiary/aromatic N) is 3. The maximum Gasteiger partial charge on any atom is 0.339 e. The molecule has 3 rings (SSSR count). The fraction of sp³-hybridized carbons (Fsp3) is 0.0909. The van der Waals surface area contributed by atoms with Crippen LogP contribution in [0.3, 0.4) is 0 Å². The van der Waals surface area contributed by atoms with E-state index in [1.165, 1.54) is 62.1 Å². The lowest BCUT2D eigenvalue weighted by atomic mass is 10.1. The van der Waals surface area contributed by atoms with Crippen molar-refractivity contribution in [2.45, 2.75) is 0 Å². The highest BCUT2D eigenvalue weighted by Crippen LogP contribution is 2.28. The number of esters is 2. The lowest BCUT2D eigenvalue weighted by molar-refractivity contribution is -0.384. The summed E-state index contributed by atoms with van der Waals surface area (Å²) in [6.45, 7) is 0. The SMILES string of the molecule is COC(=O)c1ccc(C(=O)OC)c(NC=C(C#N)c2nc(-c3cccc([N+](=O)[O-])c3)cs2)c1. The topological polar surface area (TPSA) is 144 Å². The van der Waals surface area contributed by atoms with Gasteiger partial charge < -0.3 is 14.8 Å². The monoisotopic (exact) mass is 464 g/mol. The molecule has 2 aromatic carbocycles. The summed E-state index contributed by atoms with van der Waals surface area (Å²) in [5, 5.41) is 25.5. The number of aromatic nitrogens is 1. The van der Waals surface area contributed by atoms with Gasteiger partial charge in [-0.05, 0) is 18.2 Å². The van der Waals surface area contributed by atoms with E-state index in [0.717, 1.165) is 0 Å². The lowest BCUT2D eigenvalue weighted by Crippen LogP contribution is -2.08. The van der Waals surface area contributed by atoms with Crippen molar-refractivity contribution in [2.24, 2.45) is 0 Å². The Hall–Kier alpha value is -4.56. The van der Waals surface area contributed by atoms with Crippen molar-refractivity contribution in [2.75, 3.05) is 19.5 Å². The standard InChI is InChI=1S/C22H16N4O6S/c1-31-21(27)14-6-7-17(22(28)32-2)18(9-14)24-11-15(10-23)20-25-19(12-33-20)13-4-3-5-16(8-13)26(29)30/h3-9,11-12,24H,1-2H3. The number of thiazole rings is 1. The molecular weight excluding hydrogens is 448 g/mol. The third kappa shape index (κ3) is 5.20. The van der Waals surface area contributed by atoms with Gasteiger partial charge in [0.1, 0.15) is 16.6 Å². The summed E-state index contributed by atoms with van der Waals surface area (Å²) < 4.78 is 9.46. The third-order valence-electron chi connectivity index (χ3n) is 4.43. The van der Waals surface area contributed by atoms with E-state index in [1.807, 2.05) is 6.07 Å². The maximum absolute atomic E-state index is 12.1. The van der Waals surface area contributed by atoms with E-state index >= 15 is 0 Å². The van der Waals surface area contributed by atoms with E-state index in [2.05, 4.69) is 10.3 Å². The van der Waals surface area contributed by atoms with E-state index in [-0.39, 0.29) is 28.1 Å². The number of ether oxygens (including phenoxy) is 2. The Kier molecular flexibility index (Phi) is 7.12. The van der Waals surface area contributed by atoms with Crippen LogP contribution in [-0.4, -0.2) is 36.1 Å². The Labute approximate surface area is 191 Å². The number of nitrogens with one attached hydrogen (secondary N) is 1. The zero-order valence-corrected chi connectivity index (χ0v) is 18.2. The summed E-state index contributed by atoms with van der Waals surface area (Å²) in [6, 6.07) is 12.3. The molecule has 11 heteroatoms. The van der Waals surface area contributed by atoms with Gasteiger partial charge in [-0.1, -0.05) is 12.1 Å². The van der Waals surface area contributed by atoms with Crippen LogP contribution < -0.4 is 5.32 Å². The van der Waals surface area contributed by atoms with Gasteiger partial charge in [-0.2, -0.15) is 5.26 Å². The van der Waals surface area contributed by atoms with Gasteiger partial charge in [0.25, 0.3) is 5.69 Å². The molecule has 0 atom stereocenters. The first-order valence-electron chi connectivity index (χ1n) is 9.26. The van der Waals surface area contributed by atoms with E-state index in [4.69, 9.17) is 9.47 Å². The molecule has 3 aromatic rings. The second kappa shape index (κ2) is 10.2. The van der Waals surface area contributed by atoms with Crippen LogP contribution in [0, 0.1) is 21.4 Å². The van der Waals surface area contributed by atoms with Crippen molar-refractivity contribution in [3.05, 3.63) is 80.3 Å². The normalized spacial score (nSPS) is 10.8. The number of benzene rings is 2. The van der Waals surface area contributed by atoms with Crippen LogP contribution >= 0.6 is 11.3 Å². The highest BCUT2D eigenvalue weighted by molar-refractivity contribution is 7.11. The van der Waals surface area contributed by atoms with Crippen molar-refractivity contribution >= 4 is 40.2 Å². The van der Waals surface area contributed by atoms with E-state index < -0.39 is 16.9 Å². The minimum atomic E-state index is -0.636. The molecule has 0 unspecified atom stereocenters. The van der Waals surface area contributed by atoms with Crippen LogP contribution in [0.4, 0.5) is 11.4 Å². The number of hydrogen-bond donors (Lipinski definition) is 1. The quantitative estimate of drug-likeness (QED) is 0.234. The van der Waals surface area contributed by atoms with Crippen LogP contribution in [-0.2, 0) is 9.47 Å². The van der Waals surface area contributed by atoms with E-state index in [9.17, 15) is 25.0 Å². The highest BCUT2D eigenvalue weighted by atomic mass is 32.1. The Morgan fingerprint density at radius 3 is 2.61 bits per heavy atom. The number of nitro groups is 1. The molecule has 0 amide bonds. The number of allylic oxidation sites excluding steroid dienone is 1. The Bertz CT molecular complexity index is 1310. The Morgan fingerprint density at radius 1 is 1.18 bits per heavy atom. The molecule has 1 heterocycles. The van der Waals surface area contributed by atoms with E-state index in [0.29, 0.717) is 16.3 Å². The highest BCUT2D eigenvalue weighted by Gasteiger charge is 2.16. The van der Waals surface area contributed by atoms with Gasteiger partial charge in [-0.3, -0.25) is 10.1 Å². The van der Waals surface area contributed by atoms with Gasteiger partial charge >= 0.3 is 11.9 Å². The molecule has 0 radical (unpaired) electrons. The largest absolute Gasteiger partial charge is 0.465 e. The fourth-order valence-corrected chi connectivity index (χ4v) is 3.59. The summed E-state index contributed by atoms with van der Waals surface area (Å²) >= 11 is 1.18. The molecule has 10 nitrogen and oxygen atoms in total. The van der Waals surface area contributed by atoms with Crippen molar-refractivity contribution in [3.63, 3.8) is 0 Å². The first-order valence-corrected chi connectivity index (χ1v) is 10.1. The van der Waals surface area contributed by atoms with Crippen molar-refractivity contribution < 1.29 is 24.0 Å².